The Bertz CT molecular complexity index is 942. The molecule has 0 saturated heterocycles. The Morgan fingerprint density at radius 2 is 2.08 bits per heavy atom. The molecular formula is C18H16N4O3S. The van der Waals surface area contributed by atoms with Crippen molar-refractivity contribution in [1.82, 2.24) is 14.9 Å². The minimum Gasteiger partial charge on any atom is -0.334 e. The molecule has 7 nitrogen and oxygen atoms in total. The zero-order chi connectivity index (χ0) is 18.7. The molecule has 3 aromatic rings. The lowest BCUT2D eigenvalue weighted by molar-refractivity contribution is -0.384. The van der Waals surface area contributed by atoms with Crippen LogP contribution in [0.1, 0.15) is 29.0 Å². The Labute approximate surface area is 154 Å². The third kappa shape index (κ3) is 3.60. The highest BCUT2D eigenvalue weighted by molar-refractivity contribution is 7.13. The van der Waals surface area contributed by atoms with Crippen molar-refractivity contribution in [2.45, 2.75) is 13.0 Å². The monoisotopic (exact) mass is 368 g/mol. The van der Waals surface area contributed by atoms with Crippen LogP contribution < -0.4 is 0 Å². The summed E-state index contributed by atoms with van der Waals surface area (Å²) in [5.41, 5.74) is 1.73. The van der Waals surface area contributed by atoms with Gasteiger partial charge < -0.3 is 4.90 Å². The summed E-state index contributed by atoms with van der Waals surface area (Å²) in [5, 5.41) is 13.3. The second-order valence-corrected chi connectivity index (χ2v) is 6.56. The van der Waals surface area contributed by atoms with E-state index in [1.165, 1.54) is 28.4 Å². The van der Waals surface area contributed by atoms with Crippen molar-refractivity contribution >= 4 is 22.9 Å². The summed E-state index contributed by atoms with van der Waals surface area (Å²) in [7, 11) is 1.66. The zero-order valence-electron chi connectivity index (χ0n) is 14.2. The van der Waals surface area contributed by atoms with Crippen LogP contribution in [0.3, 0.4) is 0 Å². The summed E-state index contributed by atoms with van der Waals surface area (Å²) >= 11 is 1.35. The Morgan fingerprint density at radius 1 is 1.27 bits per heavy atom. The van der Waals surface area contributed by atoms with Crippen LogP contribution in [0, 0.1) is 10.1 Å². The van der Waals surface area contributed by atoms with Gasteiger partial charge in [-0.3, -0.25) is 19.9 Å². The van der Waals surface area contributed by atoms with Gasteiger partial charge >= 0.3 is 0 Å². The topological polar surface area (TPSA) is 89.2 Å². The number of benzene rings is 1. The molecule has 0 aliphatic carbocycles. The van der Waals surface area contributed by atoms with Crippen LogP contribution in [0.4, 0.5) is 5.69 Å². The molecule has 1 aromatic carbocycles. The van der Waals surface area contributed by atoms with Crippen molar-refractivity contribution in [3.63, 3.8) is 0 Å². The number of pyridine rings is 1. The molecule has 0 N–H and O–H groups in total. The van der Waals surface area contributed by atoms with Gasteiger partial charge in [0.2, 0.25) is 0 Å². The fraction of sp³-hybridized carbons (Fsp3) is 0.167. The average Bonchev–Trinajstić information content (AvgIpc) is 3.17. The molecule has 0 aliphatic heterocycles. The van der Waals surface area contributed by atoms with Crippen LogP contribution in [-0.2, 0) is 0 Å². The molecule has 0 aliphatic rings. The normalized spacial score (nSPS) is 11.8. The minimum atomic E-state index is -0.447. The molecule has 2 heterocycles. The number of rotatable bonds is 5. The standard InChI is InChI=1S/C18H16N4O3S/c1-12(13-6-5-7-14(10-13)22(24)25)21(2)18(23)16-11-26-17(20-16)15-8-3-4-9-19-15/h3-12H,1-2H3. The predicted molar refractivity (Wildman–Crippen MR) is 98.9 cm³/mol. The lowest BCUT2D eigenvalue weighted by atomic mass is 10.1. The second-order valence-electron chi connectivity index (χ2n) is 5.70. The molecule has 0 spiro atoms. The van der Waals surface area contributed by atoms with E-state index in [1.807, 2.05) is 25.1 Å². The summed E-state index contributed by atoms with van der Waals surface area (Å²) in [4.78, 5) is 33.4. The minimum absolute atomic E-state index is 0.00120. The molecule has 0 bridgehead atoms. The summed E-state index contributed by atoms with van der Waals surface area (Å²) in [6.45, 7) is 1.82. The van der Waals surface area contributed by atoms with Crippen LogP contribution in [0.15, 0.2) is 54.0 Å². The molecule has 0 saturated carbocycles. The van der Waals surface area contributed by atoms with Crippen LogP contribution in [0.25, 0.3) is 10.7 Å². The molecule has 1 amide bonds. The van der Waals surface area contributed by atoms with Crippen molar-refractivity contribution in [2.75, 3.05) is 7.05 Å². The highest BCUT2D eigenvalue weighted by Crippen LogP contribution is 2.26. The van der Waals surface area contributed by atoms with E-state index in [0.29, 0.717) is 22.0 Å². The zero-order valence-corrected chi connectivity index (χ0v) is 15.0. The lowest BCUT2D eigenvalue weighted by Gasteiger charge is -2.24. The fourth-order valence-electron chi connectivity index (χ4n) is 2.46. The molecule has 3 rings (SSSR count). The van der Waals surface area contributed by atoms with Gasteiger partial charge in [-0.15, -0.1) is 11.3 Å². The molecule has 1 unspecified atom stereocenters. The number of hydrogen-bond donors (Lipinski definition) is 0. The van der Waals surface area contributed by atoms with E-state index in [2.05, 4.69) is 9.97 Å². The third-order valence-corrected chi connectivity index (χ3v) is 4.94. The Morgan fingerprint density at radius 3 is 2.77 bits per heavy atom. The van der Waals surface area contributed by atoms with Gasteiger partial charge in [0.05, 0.1) is 16.7 Å². The second kappa shape index (κ2) is 7.40. The summed E-state index contributed by atoms with van der Waals surface area (Å²) in [6.07, 6.45) is 1.68. The number of hydrogen-bond acceptors (Lipinski definition) is 6. The number of aromatic nitrogens is 2. The highest BCUT2D eigenvalue weighted by Gasteiger charge is 2.22. The SMILES string of the molecule is CC(c1cccc([N+](=O)[O-])c1)N(C)C(=O)c1csc(-c2ccccn2)n1. The number of carbonyl (C=O) groups is 1. The van der Waals surface area contributed by atoms with Crippen molar-refractivity contribution in [3.8, 4) is 10.7 Å². The van der Waals surface area contributed by atoms with Gasteiger partial charge in [-0.05, 0) is 24.6 Å². The van der Waals surface area contributed by atoms with E-state index >= 15 is 0 Å². The number of thiazole rings is 1. The maximum atomic E-state index is 12.7. The van der Waals surface area contributed by atoms with Crippen molar-refractivity contribution in [2.24, 2.45) is 0 Å². The Hall–Kier alpha value is -3.13. The molecule has 2 aromatic heterocycles. The number of amides is 1. The lowest BCUT2D eigenvalue weighted by Crippen LogP contribution is -2.29. The van der Waals surface area contributed by atoms with Gasteiger partial charge in [-0.2, -0.15) is 0 Å². The van der Waals surface area contributed by atoms with Crippen molar-refractivity contribution < 1.29 is 9.72 Å². The van der Waals surface area contributed by atoms with Crippen LogP contribution in [-0.4, -0.2) is 32.7 Å². The van der Waals surface area contributed by atoms with Crippen LogP contribution >= 0.6 is 11.3 Å². The quantitative estimate of drug-likeness (QED) is 0.502. The van der Waals surface area contributed by atoms with Gasteiger partial charge in [-0.1, -0.05) is 18.2 Å². The first kappa shape index (κ1) is 17.7. The maximum absolute atomic E-state index is 12.7. The molecule has 1 atom stereocenters. The molecule has 0 radical (unpaired) electrons. The number of nitro groups is 1. The summed E-state index contributed by atoms with van der Waals surface area (Å²) in [6, 6.07) is 11.5. The van der Waals surface area contributed by atoms with Gasteiger partial charge in [0.15, 0.2) is 0 Å². The average molecular weight is 368 g/mol. The van der Waals surface area contributed by atoms with Gasteiger partial charge in [0, 0.05) is 30.8 Å². The van der Waals surface area contributed by atoms with E-state index < -0.39 is 4.92 Å². The maximum Gasteiger partial charge on any atom is 0.273 e. The summed E-state index contributed by atoms with van der Waals surface area (Å²) < 4.78 is 0. The number of non-ortho nitro benzene ring substituents is 1. The largest absolute Gasteiger partial charge is 0.334 e. The molecule has 0 fully saturated rings. The first-order chi connectivity index (χ1) is 12.5. The molecule has 8 heteroatoms. The predicted octanol–water partition coefficient (Wildman–Crippen LogP) is 3.95. The highest BCUT2D eigenvalue weighted by atomic mass is 32.1. The van der Waals surface area contributed by atoms with Crippen molar-refractivity contribution in [1.29, 1.82) is 0 Å². The first-order valence-electron chi connectivity index (χ1n) is 7.86. The summed E-state index contributed by atoms with van der Waals surface area (Å²) in [5.74, 6) is -0.248. The number of nitro benzene ring substituents is 1. The van der Waals surface area contributed by atoms with E-state index in [1.54, 1.807) is 30.8 Å². The van der Waals surface area contributed by atoms with Crippen molar-refractivity contribution in [3.05, 3.63) is 75.4 Å². The van der Waals surface area contributed by atoms with E-state index in [-0.39, 0.29) is 17.6 Å². The first-order valence-corrected chi connectivity index (χ1v) is 8.74. The third-order valence-electron chi connectivity index (χ3n) is 4.07. The van der Waals surface area contributed by atoms with E-state index in [9.17, 15) is 14.9 Å². The van der Waals surface area contributed by atoms with Crippen LogP contribution in [0.5, 0.6) is 0 Å². The van der Waals surface area contributed by atoms with E-state index in [0.717, 1.165) is 0 Å². The van der Waals surface area contributed by atoms with Gasteiger partial charge in [0.25, 0.3) is 11.6 Å². The molecule has 26 heavy (non-hydrogen) atoms. The Balaban J connectivity index is 1.80. The van der Waals surface area contributed by atoms with Gasteiger partial charge in [-0.25, -0.2) is 4.98 Å². The smallest absolute Gasteiger partial charge is 0.273 e. The Kier molecular flexibility index (Phi) is 5.04. The molecule has 132 valence electrons. The van der Waals surface area contributed by atoms with Crippen LogP contribution in [0.2, 0.25) is 0 Å². The van der Waals surface area contributed by atoms with Gasteiger partial charge in [0.1, 0.15) is 10.7 Å². The van der Waals surface area contributed by atoms with E-state index in [4.69, 9.17) is 0 Å². The number of nitrogens with zero attached hydrogens (tertiary/aromatic N) is 4. The number of carbonyl (C=O) groups excluding carboxylic acids is 1. The molecular weight excluding hydrogens is 352 g/mol. The fourth-order valence-corrected chi connectivity index (χ4v) is 3.23.